The van der Waals surface area contributed by atoms with Gasteiger partial charge in [0.1, 0.15) is 6.04 Å². The van der Waals surface area contributed by atoms with Crippen LogP contribution in [0.2, 0.25) is 0 Å². The van der Waals surface area contributed by atoms with Gasteiger partial charge < -0.3 is 21.5 Å². The van der Waals surface area contributed by atoms with Gasteiger partial charge in [0.25, 0.3) is 0 Å². The molecule has 0 rings (SSSR count). The Labute approximate surface area is 99.1 Å². The van der Waals surface area contributed by atoms with Crippen molar-refractivity contribution in [3.63, 3.8) is 0 Å². The van der Waals surface area contributed by atoms with Gasteiger partial charge in [-0.3, -0.25) is 4.79 Å². The average molecular weight is 243 g/mol. The number of primary amides is 1. The van der Waals surface area contributed by atoms with Crippen LogP contribution in [-0.4, -0.2) is 35.6 Å². The third-order valence-corrected chi connectivity index (χ3v) is 1.84. The van der Waals surface area contributed by atoms with Crippen molar-refractivity contribution >= 4 is 17.9 Å². The van der Waals surface area contributed by atoms with Crippen LogP contribution < -0.4 is 16.4 Å². The van der Waals surface area contributed by atoms with Gasteiger partial charge >= 0.3 is 12.0 Å². The predicted molar refractivity (Wildman–Crippen MR) is 61.2 cm³/mol. The summed E-state index contributed by atoms with van der Waals surface area (Å²) in [6, 6.07) is -1.93. The third kappa shape index (κ3) is 7.83. The number of hydrogen-bond donors (Lipinski definition) is 4. The van der Waals surface area contributed by atoms with Crippen molar-refractivity contribution in [3.8, 4) is 0 Å². The number of nitrogens with two attached hydrogens (primary N) is 1. The number of urea groups is 1. The lowest BCUT2D eigenvalue weighted by molar-refractivity contribution is -0.140. The van der Waals surface area contributed by atoms with Gasteiger partial charge in [0.2, 0.25) is 5.91 Å². The van der Waals surface area contributed by atoms with Gasteiger partial charge in [-0.1, -0.05) is 12.2 Å². The molecule has 0 aromatic heterocycles. The van der Waals surface area contributed by atoms with Gasteiger partial charge in [0, 0.05) is 6.54 Å². The zero-order chi connectivity index (χ0) is 13.3. The van der Waals surface area contributed by atoms with Crippen molar-refractivity contribution in [2.24, 2.45) is 5.73 Å². The number of carbonyl (C=O) groups is 3. The Kier molecular flexibility index (Phi) is 7.16. The molecule has 0 heterocycles. The van der Waals surface area contributed by atoms with E-state index in [4.69, 9.17) is 10.8 Å². The highest BCUT2D eigenvalue weighted by atomic mass is 16.4. The van der Waals surface area contributed by atoms with E-state index in [9.17, 15) is 14.4 Å². The zero-order valence-electron chi connectivity index (χ0n) is 9.60. The maximum absolute atomic E-state index is 11.2. The van der Waals surface area contributed by atoms with Crippen molar-refractivity contribution in [3.05, 3.63) is 12.2 Å². The second kappa shape index (κ2) is 8.14. The molecule has 0 aliphatic carbocycles. The summed E-state index contributed by atoms with van der Waals surface area (Å²) >= 11 is 0. The zero-order valence-corrected chi connectivity index (χ0v) is 9.60. The first kappa shape index (κ1) is 14.9. The minimum atomic E-state index is -1.30. The van der Waals surface area contributed by atoms with Gasteiger partial charge in [-0.25, -0.2) is 9.59 Å². The van der Waals surface area contributed by atoms with Gasteiger partial charge in [0.15, 0.2) is 0 Å². The maximum Gasteiger partial charge on any atom is 0.326 e. The molecule has 0 saturated carbocycles. The van der Waals surface area contributed by atoms with Crippen LogP contribution in [0.1, 0.15) is 19.8 Å². The Balaban J connectivity index is 4.04. The molecule has 17 heavy (non-hydrogen) atoms. The molecule has 96 valence electrons. The average Bonchev–Trinajstić information content (AvgIpc) is 2.22. The molecule has 0 aromatic rings. The van der Waals surface area contributed by atoms with E-state index in [0.29, 0.717) is 13.0 Å². The summed E-state index contributed by atoms with van der Waals surface area (Å²) in [7, 11) is 0. The van der Waals surface area contributed by atoms with Crippen molar-refractivity contribution < 1.29 is 19.5 Å². The van der Waals surface area contributed by atoms with Crippen LogP contribution in [0.25, 0.3) is 0 Å². The number of allylic oxidation sites excluding steroid dienone is 1. The predicted octanol–water partition coefficient (Wildman–Crippen LogP) is -0.420. The lowest BCUT2D eigenvalue weighted by Gasteiger charge is -2.13. The molecule has 0 saturated heterocycles. The Hall–Kier alpha value is -2.05. The number of rotatable bonds is 7. The van der Waals surface area contributed by atoms with Gasteiger partial charge in [-0.15, -0.1) is 0 Å². The van der Waals surface area contributed by atoms with E-state index in [1.807, 2.05) is 19.1 Å². The van der Waals surface area contributed by atoms with E-state index < -0.39 is 30.4 Å². The number of hydrogen-bond acceptors (Lipinski definition) is 3. The second-order valence-electron chi connectivity index (χ2n) is 3.32. The highest BCUT2D eigenvalue weighted by Gasteiger charge is 2.21. The quantitative estimate of drug-likeness (QED) is 0.358. The molecule has 5 N–H and O–H groups in total. The molecule has 0 aliphatic heterocycles. The fraction of sp³-hybridized carbons (Fsp3) is 0.500. The normalized spacial score (nSPS) is 12.1. The summed E-state index contributed by atoms with van der Waals surface area (Å²) in [5.41, 5.74) is 4.86. The number of aliphatic carboxylic acids is 1. The van der Waals surface area contributed by atoms with Gasteiger partial charge in [-0.2, -0.15) is 0 Å². The molecule has 0 bridgehead atoms. The summed E-state index contributed by atoms with van der Waals surface area (Å²) in [6.07, 6.45) is 3.92. The maximum atomic E-state index is 11.2. The van der Waals surface area contributed by atoms with E-state index in [0.717, 1.165) is 0 Å². The second-order valence-corrected chi connectivity index (χ2v) is 3.32. The van der Waals surface area contributed by atoms with Crippen LogP contribution in [0.15, 0.2) is 12.2 Å². The number of carboxylic acids is 1. The smallest absolute Gasteiger partial charge is 0.326 e. The molecule has 0 radical (unpaired) electrons. The first-order valence-corrected chi connectivity index (χ1v) is 5.14. The molecule has 3 amide bonds. The van der Waals surface area contributed by atoms with Gasteiger partial charge in [-0.05, 0) is 13.3 Å². The van der Waals surface area contributed by atoms with Crippen molar-refractivity contribution in [2.45, 2.75) is 25.8 Å². The monoisotopic (exact) mass is 243 g/mol. The molecule has 0 fully saturated rings. The fourth-order valence-corrected chi connectivity index (χ4v) is 1.05. The first-order valence-electron chi connectivity index (χ1n) is 5.14. The van der Waals surface area contributed by atoms with Crippen LogP contribution in [0, 0.1) is 0 Å². The summed E-state index contributed by atoms with van der Waals surface area (Å²) in [6.45, 7) is 2.24. The largest absolute Gasteiger partial charge is 0.480 e. The molecule has 0 aromatic carbocycles. The number of carbonyl (C=O) groups excluding carboxylic acids is 2. The Morgan fingerprint density at radius 2 is 2.06 bits per heavy atom. The third-order valence-electron chi connectivity index (χ3n) is 1.84. The molecule has 0 aliphatic rings. The fourth-order valence-electron chi connectivity index (χ4n) is 1.05. The summed E-state index contributed by atoms with van der Waals surface area (Å²) in [4.78, 5) is 32.5. The van der Waals surface area contributed by atoms with Crippen LogP contribution in [-0.2, 0) is 9.59 Å². The van der Waals surface area contributed by atoms with Crippen LogP contribution in [0.5, 0.6) is 0 Å². The van der Waals surface area contributed by atoms with E-state index >= 15 is 0 Å². The highest BCUT2D eigenvalue weighted by Crippen LogP contribution is 1.91. The van der Waals surface area contributed by atoms with Gasteiger partial charge in [0.05, 0.1) is 6.42 Å². The standard InChI is InChI=1S/C10H17N3O4/c1-2-3-4-5-12-10(17)13-7(9(15)16)6-8(11)14/h2-3,7H,4-6H2,1H3,(H2,11,14)(H,15,16)(H2,12,13,17)/b3-2+/t7-/m0/s1. The van der Waals surface area contributed by atoms with E-state index in [-0.39, 0.29) is 0 Å². The van der Waals surface area contributed by atoms with Crippen molar-refractivity contribution in [1.82, 2.24) is 10.6 Å². The lowest BCUT2D eigenvalue weighted by atomic mass is 10.2. The topological polar surface area (TPSA) is 122 Å². The van der Waals surface area contributed by atoms with Crippen molar-refractivity contribution in [2.75, 3.05) is 6.54 Å². The molecular weight excluding hydrogens is 226 g/mol. The number of nitrogens with one attached hydrogen (secondary N) is 2. The van der Waals surface area contributed by atoms with E-state index in [1.165, 1.54) is 0 Å². The molecule has 7 heteroatoms. The Morgan fingerprint density at radius 3 is 2.53 bits per heavy atom. The van der Waals surface area contributed by atoms with Crippen molar-refractivity contribution in [1.29, 1.82) is 0 Å². The SMILES string of the molecule is C/C=C/CCNC(=O)N[C@@H](CC(N)=O)C(=O)O. The number of amides is 3. The first-order chi connectivity index (χ1) is 7.97. The molecule has 7 nitrogen and oxygen atoms in total. The minimum absolute atomic E-state index is 0.388. The highest BCUT2D eigenvalue weighted by molar-refractivity contribution is 5.87. The van der Waals surface area contributed by atoms with E-state index in [2.05, 4.69) is 10.6 Å². The van der Waals surface area contributed by atoms with Crippen LogP contribution in [0.4, 0.5) is 4.79 Å². The molecule has 0 unspecified atom stereocenters. The lowest BCUT2D eigenvalue weighted by Crippen LogP contribution is -2.47. The van der Waals surface area contributed by atoms with E-state index in [1.54, 1.807) is 0 Å². The summed E-state index contributed by atoms with van der Waals surface area (Å²) in [5, 5.41) is 13.3. The summed E-state index contributed by atoms with van der Waals surface area (Å²) in [5.74, 6) is -2.08. The molecular formula is C10H17N3O4. The Bertz CT molecular complexity index is 315. The number of carboxylic acid groups (broad SMARTS) is 1. The van der Waals surface area contributed by atoms with Crippen LogP contribution in [0.3, 0.4) is 0 Å². The Morgan fingerprint density at radius 1 is 1.41 bits per heavy atom. The van der Waals surface area contributed by atoms with Crippen LogP contribution >= 0.6 is 0 Å². The minimum Gasteiger partial charge on any atom is -0.480 e. The summed E-state index contributed by atoms with van der Waals surface area (Å²) < 4.78 is 0. The molecule has 1 atom stereocenters. The molecule has 0 spiro atoms.